The molecule has 0 unspecified atom stereocenters. The lowest BCUT2D eigenvalue weighted by atomic mass is 10.0. The number of benzene rings is 1. The molecule has 16 nitrogen and oxygen atoms in total. The van der Waals surface area contributed by atoms with Crippen LogP contribution in [0, 0.1) is 0 Å². The number of rotatable bonds is 15. The largest absolute Gasteiger partial charge is 0.480 e. The van der Waals surface area contributed by atoms with E-state index in [0.717, 1.165) is 10.5 Å². The summed E-state index contributed by atoms with van der Waals surface area (Å²) in [6, 6.07) is 1.58. The molecule has 230 valence electrons. The van der Waals surface area contributed by atoms with E-state index in [1.165, 1.54) is 6.92 Å². The minimum atomic E-state index is -1.71. The fraction of sp³-hybridized carbons (Fsp3) is 0.500. The van der Waals surface area contributed by atoms with Crippen LogP contribution in [0.15, 0.2) is 30.3 Å². The molecule has 42 heavy (non-hydrogen) atoms. The van der Waals surface area contributed by atoms with Crippen molar-refractivity contribution in [3.8, 4) is 0 Å². The number of nitrogens with two attached hydrogens (primary N) is 3. The Kier molecular flexibility index (Phi) is 12.4. The Balaban J connectivity index is 2.18. The molecule has 6 amide bonds. The lowest BCUT2D eigenvalue weighted by Crippen LogP contribution is -2.61. The van der Waals surface area contributed by atoms with Gasteiger partial charge in [-0.1, -0.05) is 30.3 Å². The summed E-state index contributed by atoms with van der Waals surface area (Å²) in [7, 11) is 0. The number of nitrogens with zero attached hydrogens (tertiary/aromatic N) is 1. The Morgan fingerprint density at radius 3 is 1.93 bits per heavy atom. The van der Waals surface area contributed by atoms with Gasteiger partial charge in [0.2, 0.25) is 35.4 Å². The van der Waals surface area contributed by atoms with Gasteiger partial charge in [-0.3, -0.25) is 28.8 Å². The number of carboxylic acids is 1. The number of carbonyl (C=O) groups excluding carboxylic acids is 6. The molecule has 0 aromatic heterocycles. The third-order valence-corrected chi connectivity index (χ3v) is 6.58. The van der Waals surface area contributed by atoms with Crippen LogP contribution in [-0.2, 0) is 40.0 Å². The smallest absolute Gasteiger partial charge is 0.326 e. The van der Waals surface area contributed by atoms with E-state index >= 15 is 0 Å². The van der Waals surface area contributed by atoms with Gasteiger partial charge < -0.3 is 48.3 Å². The maximum absolute atomic E-state index is 13.1. The molecule has 1 fully saturated rings. The molecule has 1 heterocycles. The van der Waals surface area contributed by atoms with Crippen LogP contribution in [0.3, 0.4) is 0 Å². The third-order valence-electron chi connectivity index (χ3n) is 6.58. The van der Waals surface area contributed by atoms with Crippen molar-refractivity contribution in [2.45, 2.75) is 75.3 Å². The van der Waals surface area contributed by atoms with Crippen LogP contribution >= 0.6 is 0 Å². The number of hydrogen-bond donors (Lipinski definition) is 8. The van der Waals surface area contributed by atoms with E-state index < -0.39 is 90.6 Å². The van der Waals surface area contributed by atoms with Crippen LogP contribution in [0.1, 0.15) is 38.2 Å². The highest BCUT2D eigenvalue weighted by Crippen LogP contribution is 2.19. The number of aliphatic hydroxyl groups excluding tert-OH is 1. The van der Waals surface area contributed by atoms with Gasteiger partial charge in [0.1, 0.15) is 24.2 Å². The van der Waals surface area contributed by atoms with Gasteiger partial charge in [0.25, 0.3) is 0 Å². The lowest BCUT2D eigenvalue weighted by molar-refractivity contribution is -0.151. The standard InChI is InChI=1S/C26H37N7O9/c1-13(34)21(25(40)33-9-5-8-18(33)26(41)42)32-24(39)17(12-20(29)36)31-23(38)16(11-19(28)35)30-22(37)15(27)10-14-6-3-2-4-7-14/h2-4,6-7,13,15-18,21,34H,5,8-12,27H2,1H3,(H2,28,35)(H2,29,36)(H,30,37)(H,31,38)(H,32,39)(H,41,42)/t13-,15+,16+,17+,18+,21+/m1/s1. The Morgan fingerprint density at radius 1 is 0.905 bits per heavy atom. The molecule has 0 bridgehead atoms. The molecule has 0 aliphatic carbocycles. The molecule has 1 aromatic carbocycles. The van der Waals surface area contributed by atoms with Gasteiger partial charge in [0, 0.05) is 6.54 Å². The van der Waals surface area contributed by atoms with Crippen LogP contribution in [0.2, 0.25) is 0 Å². The van der Waals surface area contributed by atoms with Crippen molar-refractivity contribution in [1.29, 1.82) is 0 Å². The summed E-state index contributed by atoms with van der Waals surface area (Å²) in [6.45, 7) is 1.27. The molecule has 1 aliphatic rings. The zero-order valence-corrected chi connectivity index (χ0v) is 23.0. The molecule has 16 heteroatoms. The summed E-state index contributed by atoms with van der Waals surface area (Å²) in [5.41, 5.74) is 17.2. The van der Waals surface area contributed by atoms with Crippen LogP contribution < -0.4 is 33.2 Å². The van der Waals surface area contributed by atoms with E-state index in [2.05, 4.69) is 16.0 Å². The topological polar surface area (TPSA) is 277 Å². The fourth-order valence-corrected chi connectivity index (χ4v) is 4.44. The molecule has 0 radical (unpaired) electrons. The van der Waals surface area contributed by atoms with Crippen molar-refractivity contribution in [2.75, 3.05) is 6.54 Å². The molecule has 11 N–H and O–H groups in total. The fourth-order valence-electron chi connectivity index (χ4n) is 4.44. The van der Waals surface area contributed by atoms with E-state index in [1.54, 1.807) is 30.3 Å². The second kappa shape index (κ2) is 15.4. The number of amides is 6. The zero-order valence-electron chi connectivity index (χ0n) is 23.0. The molecule has 1 aromatic rings. The van der Waals surface area contributed by atoms with Crippen LogP contribution in [0.5, 0.6) is 0 Å². The van der Waals surface area contributed by atoms with Crippen molar-refractivity contribution in [3.63, 3.8) is 0 Å². The predicted octanol–water partition coefficient (Wildman–Crippen LogP) is -3.78. The van der Waals surface area contributed by atoms with Crippen LogP contribution in [0.25, 0.3) is 0 Å². The first-order valence-corrected chi connectivity index (χ1v) is 13.2. The average Bonchev–Trinajstić information content (AvgIpc) is 3.41. The Labute approximate surface area is 241 Å². The molecule has 0 saturated carbocycles. The summed E-state index contributed by atoms with van der Waals surface area (Å²) in [5.74, 6) is -7.12. The molecular formula is C26H37N7O9. The zero-order chi connectivity index (χ0) is 31.6. The summed E-state index contributed by atoms with van der Waals surface area (Å²) in [4.78, 5) is 87.8. The van der Waals surface area contributed by atoms with Gasteiger partial charge in [0.05, 0.1) is 25.0 Å². The molecular weight excluding hydrogens is 554 g/mol. The molecule has 2 rings (SSSR count). The predicted molar refractivity (Wildman–Crippen MR) is 146 cm³/mol. The first kappa shape index (κ1) is 33.6. The minimum absolute atomic E-state index is 0.0806. The number of likely N-dealkylation sites (tertiary alicyclic amines) is 1. The number of carboxylic acid groups (broad SMARTS) is 1. The van der Waals surface area contributed by atoms with Crippen LogP contribution in [0.4, 0.5) is 0 Å². The van der Waals surface area contributed by atoms with Gasteiger partial charge in [-0.05, 0) is 31.7 Å². The Hall–Kier alpha value is -4.57. The van der Waals surface area contributed by atoms with E-state index in [-0.39, 0.29) is 19.4 Å². The summed E-state index contributed by atoms with van der Waals surface area (Å²) in [6.07, 6.45) is -2.24. The van der Waals surface area contributed by atoms with Gasteiger partial charge in [-0.2, -0.15) is 0 Å². The van der Waals surface area contributed by atoms with Crippen molar-refractivity contribution >= 4 is 41.4 Å². The van der Waals surface area contributed by atoms with Gasteiger partial charge in [-0.25, -0.2) is 4.79 Å². The van der Waals surface area contributed by atoms with Gasteiger partial charge >= 0.3 is 5.97 Å². The highest BCUT2D eigenvalue weighted by atomic mass is 16.4. The quantitative estimate of drug-likeness (QED) is 0.0985. The SMILES string of the molecule is C[C@@H](O)[C@H](NC(=O)[C@H](CC(N)=O)NC(=O)[C@H](CC(N)=O)NC(=O)[C@@H](N)Cc1ccccc1)C(=O)N1CCC[C@H]1C(=O)O. The van der Waals surface area contributed by atoms with Gasteiger partial charge in [-0.15, -0.1) is 0 Å². The third kappa shape index (κ3) is 9.81. The summed E-state index contributed by atoms with van der Waals surface area (Å²) in [5, 5.41) is 26.4. The monoisotopic (exact) mass is 591 g/mol. The first-order valence-electron chi connectivity index (χ1n) is 13.2. The maximum atomic E-state index is 13.1. The van der Waals surface area contributed by atoms with E-state index in [9.17, 15) is 43.8 Å². The molecule has 1 aliphatic heterocycles. The van der Waals surface area contributed by atoms with Crippen LogP contribution in [-0.4, -0.2) is 99.4 Å². The number of primary amides is 2. The Morgan fingerprint density at radius 2 is 1.43 bits per heavy atom. The second-order valence-corrected chi connectivity index (χ2v) is 10.0. The lowest BCUT2D eigenvalue weighted by Gasteiger charge is -2.30. The second-order valence-electron chi connectivity index (χ2n) is 10.0. The van der Waals surface area contributed by atoms with E-state index in [1.807, 2.05) is 0 Å². The Bertz CT molecular complexity index is 1180. The van der Waals surface area contributed by atoms with Crippen molar-refractivity contribution < 1.29 is 43.8 Å². The molecule has 1 saturated heterocycles. The highest BCUT2D eigenvalue weighted by molar-refractivity contribution is 5.98. The number of hydrogen-bond acceptors (Lipinski definition) is 9. The van der Waals surface area contributed by atoms with E-state index in [0.29, 0.717) is 6.42 Å². The maximum Gasteiger partial charge on any atom is 0.326 e. The van der Waals surface area contributed by atoms with Crippen molar-refractivity contribution in [1.82, 2.24) is 20.9 Å². The minimum Gasteiger partial charge on any atom is -0.480 e. The number of aliphatic carboxylic acids is 1. The van der Waals surface area contributed by atoms with Crippen molar-refractivity contribution in [2.24, 2.45) is 17.2 Å². The number of aliphatic hydroxyl groups is 1. The van der Waals surface area contributed by atoms with Crippen molar-refractivity contribution in [3.05, 3.63) is 35.9 Å². The summed E-state index contributed by atoms with van der Waals surface area (Å²) < 4.78 is 0. The molecule has 6 atom stereocenters. The highest BCUT2D eigenvalue weighted by Gasteiger charge is 2.40. The van der Waals surface area contributed by atoms with E-state index in [4.69, 9.17) is 17.2 Å². The average molecular weight is 592 g/mol. The number of nitrogens with one attached hydrogen (secondary N) is 3. The first-order chi connectivity index (χ1) is 19.7. The summed E-state index contributed by atoms with van der Waals surface area (Å²) >= 11 is 0. The normalized spacial score (nSPS) is 18.1. The molecule has 0 spiro atoms. The van der Waals surface area contributed by atoms with Gasteiger partial charge in [0.15, 0.2) is 0 Å². The number of carbonyl (C=O) groups is 7.